The Labute approximate surface area is 132 Å². The van der Waals surface area contributed by atoms with Crippen molar-refractivity contribution in [1.82, 2.24) is 14.9 Å². The Morgan fingerprint density at radius 1 is 1.24 bits per heavy atom. The number of rotatable bonds is 7. The van der Waals surface area contributed by atoms with Crippen LogP contribution in [0.5, 0.6) is 0 Å². The number of aromatic nitrogens is 2. The topological polar surface area (TPSA) is 37.8 Å². The molecule has 0 bridgehead atoms. The molecule has 1 unspecified atom stereocenters. The van der Waals surface area contributed by atoms with E-state index in [0.717, 1.165) is 31.5 Å². The Balaban J connectivity index is 2.26. The van der Waals surface area contributed by atoms with Gasteiger partial charge in [-0.25, -0.2) is 0 Å². The maximum Gasteiger partial charge on any atom is 0.0801 e. The summed E-state index contributed by atoms with van der Waals surface area (Å²) in [6.07, 6.45) is 3.09. The van der Waals surface area contributed by atoms with Crippen molar-refractivity contribution in [3.63, 3.8) is 0 Å². The average molecular weight is 303 g/mol. The van der Waals surface area contributed by atoms with Crippen LogP contribution in [0.4, 0.5) is 0 Å². The fourth-order valence-corrected chi connectivity index (χ4v) is 3.35. The lowest BCUT2D eigenvalue weighted by atomic mass is 9.97. The molecule has 21 heavy (non-hydrogen) atoms. The van der Waals surface area contributed by atoms with E-state index >= 15 is 0 Å². The third-order valence-electron chi connectivity index (χ3n) is 3.81. The first-order valence-electron chi connectivity index (χ1n) is 7.76. The second-order valence-electron chi connectivity index (χ2n) is 5.58. The quantitative estimate of drug-likeness (QED) is 0.840. The fourth-order valence-electron chi connectivity index (χ4n) is 2.54. The second kappa shape index (κ2) is 7.66. The molecule has 1 heterocycles. The van der Waals surface area contributed by atoms with Crippen LogP contribution in [0, 0.1) is 13.8 Å². The molecule has 0 saturated heterocycles. The summed E-state index contributed by atoms with van der Waals surface area (Å²) >= 11 is 1.54. The van der Waals surface area contributed by atoms with Gasteiger partial charge in [-0.3, -0.25) is 0 Å². The van der Waals surface area contributed by atoms with E-state index in [2.05, 4.69) is 60.8 Å². The van der Waals surface area contributed by atoms with Crippen molar-refractivity contribution >= 4 is 11.5 Å². The fraction of sp³-hybridized carbons (Fsp3) is 0.529. The van der Waals surface area contributed by atoms with E-state index in [9.17, 15) is 0 Å². The van der Waals surface area contributed by atoms with E-state index in [0.29, 0.717) is 6.04 Å². The number of benzene rings is 1. The van der Waals surface area contributed by atoms with Crippen LogP contribution >= 0.6 is 11.5 Å². The van der Waals surface area contributed by atoms with Gasteiger partial charge in [0.25, 0.3) is 0 Å². The van der Waals surface area contributed by atoms with Crippen molar-refractivity contribution in [3.8, 4) is 0 Å². The first-order valence-corrected chi connectivity index (χ1v) is 8.53. The van der Waals surface area contributed by atoms with Crippen molar-refractivity contribution in [2.45, 2.75) is 53.0 Å². The average Bonchev–Trinajstić information content (AvgIpc) is 2.95. The zero-order valence-electron chi connectivity index (χ0n) is 13.4. The molecular formula is C17H25N3S. The SMILES string of the molecule is CCCNC(Cc1cc(C)ccc1C)c1snnc1CC. The molecule has 0 spiro atoms. The predicted molar refractivity (Wildman–Crippen MR) is 89.9 cm³/mol. The Kier molecular flexibility index (Phi) is 5.88. The first-order chi connectivity index (χ1) is 10.2. The molecule has 0 aliphatic heterocycles. The molecule has 0 aliphatic rings. The van der Waals surface area contributed by atoms with Crippen LogP contribution in [0.3, 0.4) is 0 Å². The molecule has 114 valence electrons. The Morgan fingerprint density at radius 2 is 2.05 bits per heavy atom. The minimum absolute atomic E-state index is 0.320. The highest BCUT2D eigenvalue weighted by Crippen LogP contribution is 2.26. The largest absolute Gasteiger partial charge is 0.309 e. The molecule has 2 rings (SSSR count). The number of aryl methyl sites for hydroxylation is 3. The lowest BCUT2D eigenvalue weighted by Crippen LogP contribution is -2.24. The van der Waals surface area contributed by atoms with Gasteiger partial charge in [0, 0.05) is 6.04 Å². The predicted octanol–water partition coefficient (Wildman–Crippen LogP) is 4.00. The summed E-state index contributed by atoms with van der Waals surface area (Å²) in [4.78, 5) is 1.30. The van der Waals surface area contributed by atoms with E-state index in [-0.39, 0.29) is 0 Å². The van der Waals surface area contributed by atoms with E-state index < -0.39 is 0 Å². The summed E-state index contributed by atoms with van der Waals surface area (Å²) in [7, 11) is 0. The lowest BCUT2D eigenvalue weighted by molar-refractivity contribution is 0.531. The Morgan fingerprint density at radius 3 is 2.76 bits per heavy atom. The van der Waals surface area contributed by atoms with Gasteiger partial charge in [-0.15, -0.1) is 5.10 Å². The smallest absolute Gasteiger partial charge is 0.0801 e. The van der Waals surface area contributed by atoms with Crippen LogP contribution in [-0.4, -0.2) is 16.1 Å². The minimum Gasteiger partial charge on any atom is -0.309 e. The third kappa shape index (κ3) is 4.11. The van der Waals surface area contributed by atoms with E-state index in [1.165, 1.54) is 33.1 Å². The normalized spacial score (nSPS) is 12.6. The van der Waals surface area contributed by atoms with Gasteiger partial charge in [-0.2, -0.15) is 0 Å². The molecule has 1 N–H and O–H groups in total. The molecule has 2 aromatic rings. The maximum atomic E-state index is 4.27. The van der Waals surface area contributed by atoms with Crippen LogP contribution in [0.25, 0.3) is 0 Å². The van der Waals surface area contributed by atoms with Crippen molar-refractivity contribution < 1.29 is 0 Å². The van der Waals surface area contributed by atoms with E-state index in [1.54, 1.807) is 0 Å². The van der Waals surface area contributed by atoms with Crippen LogP contribution in [0.1, 0.15) is 53.6 Å². The summed E-state index contributed by atoms with van der Waals surface area (Å²) in [5.41, 5.74) is 5.24. The number of nitrogens with zero attached hydrogens (tertiary/aromatic N) is 2. The highest BCUT2D eigenvalue weighted by atomic mass is 32.1. The summed E-state index contributed by atoms with van der Waals surface area (Å²) in [5.74, 6) is 0. The van der Waals surface area contributed by atoms with Crippen molar-refractivity contribution in [3.05, 3.63) is 45.5 Å². The molecule has 1 aromatic carbocycles. The zero-order chi connectivity index (χ0) is 15.2. The van der Waals surface area contributed by atoms with Crippen LogP contribution in [-0.2, 0) is 12.8 Å². The molecule has 1 atom stereocenters. The van der Waals surface area contributed by atoms with Gasteiger partial charge in [0.2, 0.25) is 0 Å². The van der Waals surface area contributed by atoms with Gasteiger partial charge in [0.05, 0.1) is 10.6 Å². The number of hydrogen-bond acceptors (Lipinski definition) is 4. The Bertz CT molecular complexity index is 577. The van der Waals surface area contributed by atoms with Gasteiger partial charge in [-0.05, 0) is 62.3 Å². The Hall–Kier alpha value is -1.26. The standard InChI is InChI=1S/C17H25N3S/c1-5-9-18-16(17-15(6-2)19-20-21-17)11-14-10-12(3)7-8-13(14)4/h7-8,10,16,18H,5-6,9,11H2,1-4H3. The van der Waals surface area contributed by atoms with Gasteiger partial charge >= 0.3 is 0 Å². The van der Waals surface area contributed by atoms with Crippen LogP contribution in [0.15, 0.2) is 18.2 Å². The van der Waals surface area contributed by atoms with Crippen LogP contribution < -0.4 is 5.32 Å². The molecular weight excluding hydrogens is 278 g/mol. The number of nitrogens with one attached hydrogen (secondary N) is 1. The van der Waals surface area contributed by atoms with Crippen molar-refractivity contribution in [1.29, 1.82) is 0 Å². The zero-order valence-corrected chi connectivity index (χ0v) is 14.3. The van der Waals surface area contributed by atoms with Gasteiger partial charge in [-0.1, -0.05) is 42.1 Å². The molecule has 4 heteroatoms. The molecule has 1 aromatic heterocycles. The van der Waals surface area contributed by atoms with E-state index in [1.807, 2.05) is 0 Å². The van der Waals surface area contributed by atoms with E-state index in [4.69, 9.17) is 0 Å². The number of hydrogen-bond donors (Lipinski definition) is 1. The molecule has 0 radical (unpaired) electrons. The summed E-state index contributed by atoms with van der Waals surface area (Å²) in [5, 5.41) is 7.95. The third-order valence-corrected chi connectivity index (χ3v) is 4.69. The monoisotopic (exact) mass is 303 g/mol. The van der Waals surface area contributed by atoms with Crippen molar-refractivity contribution in [2.75, 3.05) is 6.54 Å². The summed E-state index contributed by atoms with van der Waals surface area (Å²) < 4.78 is 4.16. The summed E-state index contributed by atoms with van der Waals surface area (Å²) in [6.45, 7) is 9.72. The van der Waals surface area contributed by atoms with Gasteiger partial charge < -0.3 is 5.32 Å². The highest BCUT2D eigenvalue weighted by molar-refractivity contribution is 7.05. The first kappa shape index (κ1) is 16.1. The highest BCUT2D eigenvalue weighted by Gasteiger charge is 2.19. The maximum absolute atomic E-state index is 4.27. The van der Waals surface area contributed by atoms with Crippen LogP contribution in [0.2, 0.25) is 0 Å². The van der Waals surface area contributed by atoms with Gasteiger partial charge in [0.15, 0.2) is 0 Å². The van der Waals surface area contributed by atoms with Gasteiger partial charge in [0.1, 0.15) is 0 Å². The second-order valence-corrected chi connectivity index (χ2v) is 6.36. The lowest BCUT2D eigenvalue weighted by Gasteiger charge is -2.19. The minimum atomic E-state index is 0.320. The molecule has 0 saturated carbocycles. The summed E-state index contributed by atoms with van der Waals surface area (Å²) in [6, 6.07) is 7.02. The molecule has 0 fully saturated rings. The molecule has 3 nitrogen and oxygen atoms in total. The molecule has 0 aliphatic carbocycles. The molecule has 0 amide bonds. The van der Waals surface area contributed by atoms with Crippen molar-refractivity contribution in [2.24, 2.45) is 0 Å².